The van der Waals surface area contributed by atoms with Gasteiger partial charge in [-0.05, 0) is 30.2 Å². The van der Waals surface area contributed by atoms with Gasteiger partial charge in [0, 0.05) is 17.0 Å². The van der Waals surface area contributed by atoms with Crippen molar-refractivity contribution in [2.24, 2.45) is 0 Å². The van der Waals surface area contributed by atoms with Crippen LogP contribution < -0.4 is 0 Å². The van der Waals surface area contributed by atoms with Crippen LogP contribution in [0.4, 0.5) is 13.2 Å². The van der Waals surface area contributed by atoms with Crippen molar-refractivity contribution in [3.63, 3.8) is 0 Å². The highest BCUT2D eigenvalue weighted by molar-refractivity contribution is 7.41. The molecule has 0 radical (unpaired) electrons. The molecule has 1 aromatic heterocycles. The highest BCUT2D eigenvalue weighted by Crippen LogP contribution is 2.55. The van der Waals surface area contributed by atoms with Crippen LogP contribution >= 0.6 is 10.5 Å². The Kier molecular flexibility index (Phi) is 3.96. The molecule has 3 aromatic rings. The third kappa shape index (κ3) is 2.63. The van der Waals surface area contributed by atoms with Crippen molar-refractivity contribution in [2.45, 2.75) is 25.3 Å². The Labute approximate surface area is 130 Å². The number of aryl methyl sites for hydroxylation is 1. The number of benzene rings is 2. The van der Waals surface area contributed by atoms with E-state index in [0.29, 0.717) is 15.1 Å². The lowest BCUT2D eigenvalue weighted by atomic mass is 10.1. The fraction of sp³-hybridized carbons (Fsp3) is 0.222. The van der Waals surface area contributed by atoms with Gasteiger partial charge >= 0.3 is 5.51 Å². The summed E-state index contributed by atoms with van der Waals surface area (Å²) in [6.45, 7) is 2.04. The topological polar surface area (TPSA) is 0 Å². The number of hydrogen-bond acceptors (Lipinski definition) is 0. The third-order valence-electron chi connectivity index (χ3n) is 3.68. The summed E-state index contributed by atoms with van der Waals surface area (Å²) in [6, 6.07) is 15.9. The number of thiophene rings is 1. The van der Waals surface area contributed by atoms with E-state index in [2.05, 4.69) is 0 Å². The number of hydrogen-bond donors (Lipinski definition) is 0. The molecule has 0 nitrogen and oxygen atoms in total. The first-order chi connectivity index (χ1) is 10.5. The molecule has 4 heteroatoms. The molecule has 22 heavy (non-hydrogen) atoms. The van der Waals surface area contributed by atoms with E-state index in [-0.39, 0.29) is 0 Å². The lowest BCUT2D eigenvalue weighted by molar-refractivity contribution is -0.0864. The predicted molar refractivity (Wildman–Crippen MR) is 87.2 cm³/mol. The fourth-order valence-electron chi connectivity index (χ4n) is 2.78. The Morgan fingerprint density at radius 1 is 0.955 bits per heavy atom. The summed E-state index contributed by atoms with van der Waals surface area (Å²) in [6.07, 6.45) is 1.72. The van der Waals surface area contributed by atoms with Crippen molar-refractivity contribution in [1.82, 2.24) is 0 Å². The zero-order valence-electron chi connectivity index (χ0n) is 12.2. The normalized spacial score (nSPS) is 12.8. The summed E-state index contributed by atoms with van der Waals surface area (Å²) < 4.78 is 41.4. The largest absolute Gasteiger partial charge is 0.601 e. The van der Waals surface area contributed by atoms with Crippen LogP contribution in [0, 0.1) is 0 Å². The number of rotatable bonds is 3. The van der Waals surface area contributed by atoms with Gasteiger partial charge in [0.05, 0.1) is 0 Å². The van der Waals surface area contributed by atoms with Gasteiger partial charge in [-0.25, -0.2) is 0 Å². The minimum atomic E-state index is -4.25. The van der Waals surface area contributed by atoms with Gasteiger partial charge in [-0.3, -0.25) is 0 Å². The average Bonchev–Trinajstić information content (AvgIpc) is 2.89. The molecule has 1 atom stereocenters. The highest BCUT2D eigenvalue weighted by atomic mass is 32.2. The first kappa shape index (κ1) is 15.1. The molecule has 0 N–H and O–H groups in total. The van der Waals surface area contributed by atoms with Gasteiger partial charge in [0.25, 0.3) is 0 Å². The maximum atomic E-state index is 13.7. The van der Waals surface area contributed by atoms with Gasteiger partial charge in [0.2, 0.25) is 0 Å². The number of halogens is 3. The molecule has 1 unspecified atom stereocenters. The Morgan fingerprint density at radius 3 is 2.32 bits per heavy atom. The van der Waals surface area contributed by atoms with Crippen molar-refractivity contribution >= 4 is 20.6 Å². The van der Waals surface area contributed by atoms with E-state index >= 15 is 0 Å². The second kappa shape index (κ2) is 5.76. The Balaban J connectivity index is 2.34. The maximum Gasteiger partial charge on any atom is 0.601 e. The van der Waals surface area contributed by atoms with Crippen LogP contribution in [0.15, 0.2) is 54.6 Å². The maximum absolute atomic E-state index is 13.7. The molecule has 0 amide bonds. The second-order valence-corrected chi connectivity index (χ2v) is 7.16. The summed E-state index contributed by atoms with van der Waals surface area (Å²) in [5.41, 5.74) is -2.59. The van der Waals surface area contributed by atoms with Crippen LogP contribution in [0.1, 0.15) is 18.9 Å². The zero-order chi connectivity index (χ0) is 15.7. The van der Waals surface area contributed by atoms with Crippen molar-refractivity contribution in [2.75, 3.05) is 0 Å². The van der Waals surface area contributed by atoms with Gasteiger partial charge in [0.1, 0.15) is 10.5 Å². The molecule has 0 fully saturated rings. The summed E-state index contributed by atoms with van der Waals surface area (Å²) in [4.78, 5) is 0.381. The van der Waals surface area contributed by atoms with Crippen LogP contribution in [0.25, 0.3) is 20.5 Å². The van der Waals surface area contributed by atoms with Crippen LogP contribution in [0.5, 0.6) is 0 Å². The van der Waals surface area contributed by atoms with Gasteiger partial charge in [-0.2, -0.15) is 0 Å². The molecule has 0 aliphatic carbocycles. The highest BCUT2D eigenvalue weighted by Gasteiger charge is 2.48. The summed E-state index contributed by atoms with van der Waals surface area (Å²) >= 11 is 0. The lowest BCUT2D eigenvalue weighted by Crippen LogP contribution is -1.96. The van der Waals surface area contributed by atoms with Crippen molar-refractivity contribution in [1.29, 1.82) is 0 Å². The van der Waals surface area contributed by atoms with E-state index in [1.165, 1.54) is 0 Å². The molecule has 0 aliphatic heterocycles. The molecule has 0 bridgehead atoms. The Bertz CT molecular complexity index is 785. The SMILES string of the molecule is CCCc1cccc2c1cc(-c1ccccc1)[s+]2C(F)(F)F. The Hall–Kier alpha value is -1.81. The molecule has 3 rings (SSSR count). The first-order valence-electron chi connectivity index (χ1n) is 7.22. The van der Waals surface area contributed by atoms with E-state index in [1.54, 1.807) is 42.5 Å². The average molecular weight is 321 g/mol. The molecule has 0 saturated carbocycles. The Morgan fingerprint density at radius 2 is 1.68 bits per heavy atom. The van der Waals surface area contributed by atoms with Gasteiger partial charge in [-0.1, -0.05) is 43.7 Å². The second-order valence-electron chi connectivity index (χ2n) is 5.21. The molecular formula is C18H16F3S+. The fourth-order valence-corrected chi connectivity index (χ4v) is 4.75. The molecule has 2 aromatic carbocycles. The monoisotopic (exact) mass is 321 g/mol. The third-order valence-corrected chi connectivity index (χ3v) is 5.73. The van der Waals surface area contributed by atoms with E-state index in [9.17, 15) is 13.2 Å². The van der Waals surface area contributed by atoms with E-state index in [0.717, 1.165) is 23.8 Å². The first-order valence-corrected chi connectivity index (χ1v) is 8.45. The van der Waals surface area contributed by atoms with Crippen molar-refractivity contribution in [3.8, 4) is 10.4 Å². The summed E-state index contributed by atoms with van der Waals surface area (Å²) in [5.74, 6) is 0. The molecule has 1 heterocycles. The minimum absolute atomic E-state index is 0.381. The summed E-state index contributed by atoms with van der Waals surface area (Å²) in [5, 5.41) is 0.767. The van der Waals surface area contributed by atoms with Gasteiger partial charge in [0.15, 0.2) is 9.58 Å². The van der Waals surface area contributed by atoms with Crippen molar-refractivity contribution in [3.05, 3.63) is 60.2 Å². The lowest BCUT2D eigenvalue weighted by Gasteiger charge is -2.01. The van der Waals surface area contributed by atoms with E-state index in [1.807, 2.05) is 19.1 Å². The minimum Gasteiger partial charge on any atom is -0.118 e. The predicted octanol–water partition coefficient (Wildman–Crippen LogP) is 6.68. The van der Waals surface area contributed by atoms with Crippen LogP contribution in [0.3, 0.4) is 0 Å². The number of fused-ring (bicyclic) bond motifs is 1. The molecule has 0 aliphatic rings. The van der Waals surface area contributed by atoms with Gasteiger partial charge < -0.3 is 0 Å². The smallest absolute Gasteiger partial charge is 0.118 e. The van der Waals surface area contributed by atoms with E-state index in [4.69, 9.17) is 0 Å². The molecule has 0 saturated heterocycles. The van der Waals surface area contributed by atoms with Crippen LogP contribution in [-0.4, -0.2) is 0 Å². The van der Waals surface area contributed by atoms with Crippen LogP contribution in [-0.2, 0) is 11.9 Å². The number of alkyl halides is 3. The van der Waals surface area contributed by atoms with Crippen molar-refractivity contribution < 1.29 is 13.2 Å². The molecule has 114 valence electrons. The van der Waals surface area contributed by atoms with Crippen LogP contribution in [0.2, 0.25) is 0 Å². The summed E-state index contributed by atoms with van der Waals surface area (Å²) in [7, 11) is -1.86. The van der Waals surface area contributed by atoms with E-state index < -0.39 is 16.0 Å². The quantitative estimate of drug-likeness (QED) is 0.472. The molecular weight excluding hydrogens is 305 g/mol. The van der Waals surface area contributed by atoms with Gasteiger partial charge in [-0.15, -0.1) is 13.2 Å². The zero-order valence-corrected chi connectivity index (χ0v) is 13.0. The molecule has 0 spiro atoms. The standard InChI is InChI=1S/C18H16F3S/c1-2-7-13-10-6-11-16-15(13)12-17(22(16)18(19,20)21)14-8-4-3-5-9-14/h3-6,8-12H,2,7H2,1H3/q+1.